The first-order chi connectivity index (χ1) is 10.9. The largest absolute Gasteiger partial charge is 0.325 e. The van der Waals surface area contributed by atoms with Gasteiger partial charge in [-0.15, -0.1) is 16.8 Å². The van der Waals surface area contributed by atoms with E-state index in [9.17, 15) is 4.79 Å². The molecule has 0 saturated heterocycles. The molecule has 0 saturated carbocycles. The van der Waals surface area contributed by atoms with E-state index in [-0.39, 0.29) is 11.2 Å². The highest BCUT2D eigenvalue weighted by Crippen LogP contribution is 2.26. The Hall–Kier alpha value is -1.79. The molecular formula is C16H19ClN4OS. The third-order valence-electron chi connectivity index (χ3n) is 3.39. The number of hydrogen-bond donors (Lipinski definition) is 1. The first-order valence-corrected chi connectivity index (χ1v) is 8.43. The number of aromatic nitrogens is 3. The Morgan fingerprint density at radius 3 is 2.91 bits per heavy atom. The van der Waals surface area contributed by atoms with Gasteiger partial charge in [-0.1, -0.05) is 35.5 Å². The first kappa shape index (κ1) is 17.6. The van der Waals surface area contributed by atoms with Crippen LogP contribution < -0.4 is 5.32 Å². The fourth-order valence-corrected chi connectivity index (χ4v) is 3.06. The number of rotatable bonds is 6. The molecule has 0 radical (unpaired) electrons. The lowest BCUT2D eigenvalue weighted by molar-refractivity contribution is -0.115. The standard InChI is InChI=1S/C16H19ClN4OS/c1-5-9-21-12(4)19-20-16(21)23-11(3)15(22)18-14-8-6-7-13(17)10(14)2/h5-8,11H,1,9H2,2-4H3,(H,18,22)/t11-/m0/s1. The van der Waals surface area contributed by atoms with Crippen LogP contribution in [0.15, 0.2) is 36.0 Å². The Morgan fingerprint density at radius 1 is 1.48 bits per heavy atom. The van der Waals surface area contributed by atoms with E-state index in [1.165, 1.54) is 11.8 Å². The summed E-state index contributed by atoms with van der Waals surface area (Å²) in [5.74, 6) is 0.692. The van der Waals surface area contributed by atoms with Gasteiger partial charge in [0.1, 0.15) is 5.82 Å². The van der Waals surface area contributed by atoms with Crippen LogP contribution >= 0.6 is 23.4 Å². The molecule has 1 atom stereocenters. The number of carbonyl (C=O) groups excluding carboxylic acids is 1. The molecule has 1 aromatic carbocycles. The molecule has 0 aliphatic heterocycles. The Kier molecular flexibility index (Phi) is 5.85. The van der Waals surface area contributed by atoms with E-state index in [0.29, 0.717) is 16.7 Å². The molecule has 0 bridgehead atoms. The van der Waals surface area contributed by atoms with Crippen LogP contribution in [0.25, 0.3) is 0 Å². The molecular weight excluding hydrogens is 332 g/mol. The van der Waals surface area contributed by atoms with E-state index < -0.39 is 0 Å². The van der Waals surface area contributed by atoms with Gasteiger partial charge in [0.25, 0.3) is 0 Å². The third kappa shape index (κ3) is 4.14. The minimum absolute atomic E-state index is 0.105. The monoisotopic (exact) mass is 350 g/mol. The average molecular weight is 351 g/mol. The maximum Gasteiger partial charge on any atom is 0.237 e. The summed E-state index contributed by atoms with van der Waals surface area (Å²) in [6, 6.07) is 5.44. The minimum atomic E-state index is -0.319. The number of benzene rings is 1. The number of hydrogen-bond acceptors (Lipinski definition) is 4. The Morgan fingerprint density at radius 2 is 2.22 bits per heavy atom. The van der Waals surface area contributed by atoms with Gasteiger partial charge in [0.15, 0.2) is 5.16 Å². The first-order valence-electron chi connectivity index (χ1n) is 7.17. The van der Waals surface area contributed by atoms with Crippen LogP contribution in [0.2, 0.25) is 5.02 Å². The SMILES string of the molecule is C=CCn1c(C)nnc1S[C@@H](C)C(=O)Nc1cccc(Cl)c1C. The van der Waals surface area contributed by atoms with Gasteiger partial charge in [-0.25, -0.2) is 0 Å². The van der Waals surface area contributed by atoms with Crippen molar-refractivity contribution >= 4 is 35.0 Å². The van der Waals surface area contributed by atoms with Gasteiger partial charge in [-0.2, -0.15) is 0 Å². The predicted molar refractivity (Wildman–Crippen MR) is 95.1 cm³/mol. The maximum absolute atomic E-state index is 12.4. The van der Waals surface area contributed by atoms with E-state index in [0.717, 1.165) is 17.1 Å². The number of aryl methyl sites for hydroxylation is 1. The molecule has 0 fully saturated rings. The molecule has 1 N–H and O–H groups in total. The number of thioether (sulfide) groups is 1. The van der Waals surface area contributed by atoms with Crippen molar-refractivity contribution in [3.05, 3.63) is 47.3 Å². The van der Waals surface area contributed by atoms with Gasteiger partial charge < -0.3 is 9.88 Å². The van der Waals surface area contributed by atoms with Gasteiger partial charge >= 0.3 is 0 Å². The molecule has 1 amide bonds. The minimum Gasteiger partial charge on any atom is -0.325 e. The lowest BCUT2D eigenvalue weighted by Crippen LogP contribution is -2.23. The summed E-state index contributed by atoms with van der Waals surface area (Å²) in [5, 5.41) is 12.1. The maximum atomic E-state index is 12.4. The zero-order valence-corrected chi connectivity index (χ0v) is 14.9. The van der Waals surface area contributed by atoms with Gasteiger partial charge in [-0.3, -0.25) is 4.79 Å². The van der Waals surface area contributed by atoms with Gasteiger partial charge in [0.05, 0.1) is 5.25 Å². The predicted octanol–water partition coefficient (Wildman–Crippen LogP) is 3.85. The quantitative estimate of drug-likeness (QED) is 0.635. The Balaban J connectivity index is 2.08. The lowest BCUT2D eigenvalue weighted by atomic mass is 10.2. The van der Waals surface area contributed by atoms with Crippen LogP contribution in [-0.4, -0.2) is 25.9 Å². The van der Waals surface area contributed by atoms with Crippen molar-refractivity contribution in [2.75, 3.05) is 5.32 Å². The number of carbonyl (C=O) groups is 1. The van der Waals surface area contributed by atoms with Crippen molar-refractivity contribution in [2.24, 2.45) is 0 Å². The normalized spacial score (nSPS) is 12.0. The summed E-state index contributed by atoms with van der Waals surface area (Å²) in [4.78, 5) is 12.4. The number of allylic oxidation sites excluding steroid dienone is 1. The molecule has 0 aliphatic rings. The molecule has 1 aromatic heterocycles. The average Bonchev–Trinajstić information content (AvgIpc) is 2.85. The van der Waals surface area contributed by atoms with Crippen molar-refractivity contribution in [3.63, 3.8) is 0 Å². The zero-order chi connectivity index (χ0) is 17.0. The summed E-state index contributed by atoms with van der Waals surface area (Å²) in [6.45, 7) is 9.93. The third-order valence-corrected chi connectivity index (χ3v) is 4.88. The summed E-state index contributed by atoms with van der Waals surface area (Å²) in [5.41, 5.74) is 1.57. The number of amides is 1. The highest BCUT2D eigenvalue weighted by molar-refractivity contribution is 8.00. The van der Waals surface area contributed by atoms with Gasteiger partial charge in [-0.05, 0) is 38.5 Å². The molecule has 1 heterocycles. The second-order valence-corrected chi connectivity index (χ2v) is 6.81. The molecule has 5 nitrogen and oxygen atoms in total. The van der Waals surface area contributed by atoms with E-state index >= 15 is 0 Å². The highest BCUT2D eigenvalue weighted by Gasteiger charge is 2.19. The molecule has 7 heteroatoms. The molecule has 0 aliphatic carbocycles. The number of nitrogens with zero attached hydrogens (tertiary/aromatic N) is 3. The van der Waals surface area contributed by atoms with Crippen LogP contribution in [0.3, 0.4) is 0 Å². The van der Waals surface area contributed by atoms with Crippen LogP contribution in [0.5, 0.6) is 0 Å². The zero-order valence-electron chi connectivity index (χ0n) is 13.3. The van der Waals surface area contributed by atoms with Crippen LogP contribution in [0, 0.1) is 13.8 Å². The van der Waals surface area contributed by atoms with Crippen molar-refractivity contribution in [1.29, 1.82) is 0 Å². The Bertz CT molecular complexity index is 729. The van der Waals surface area contributed by atoms with Crippen molar-refractivity contribution < 1.29 is 4.79 Å². The van der Waals surface area contributed by atoms with E-state index in [4.69, 9.17) is 11.6 Å². The van der Waals surface area contributed by atoms with Gasteiger partial charge in [0.2, 0.25) is 5.91 Å². The summed E-state index contributed by atoms with van der Waals surface area (Å²) < 4.78 is 1.92. The Labute approximate surface area is 145 Å². The van der Waals surface area contributed by atoms with Crippen LogP contribution in [0.1, 0.15) is 18.3 Å². The molecule has 23 heavy (non-hydrogen) atoms. The molecule has 2 rings (SSSR count). The van der Waals surface area contributed by atoms with Crippen LogP contribution in [-0.2, 0) is 11.3 Å². The number of nitrogens with one attached hydrogen (secondary N) is 1. The number of anilines is 1. The molecule has 2 aromatic rings. The van der Waals surface area contributed by atoms with Crippen molar-refractivity contribution in [2.45, 2.75) is 37.7 Å². The highest BCUT2D eigenvalue weighted by atomic mass is 35.5. The molecule has 0 unspecified atom stereocenters. The smallest absolute Gasteiger partial charge is 0.237 e. The van der Waals surface area contributed by atoms with Crippen molar-refractivity contribution in [1.82, 2.24) is 14.8 Å². The summed E-state index contributed by atoms with van der Waals surface area (Å²) >= 11 is 7.44. The lowest BCUT2D eigenvalue weighted by Gasteiger charge is -2.14. The molecule has 122 valence electrons. The van der Waals surface area contributed by atoms with E-state index in [2.05, 4.69) is 22.1 Å². The number of halogens is 1. The topological polar surface area (TPSA) is 59.8 Å². The fraction of sp³-hybridized carbons (Fsp3) is 0.312. The second kappa shape index (κ2) is 7.66. The summed E-state index contributed by atoms with van der Waals surface area (Å²) in [6.07, 6.45) is 1.78. The van der Waals surface area contributed by atoms with Gasteiger partial charge in [0, 0.05) is 17.3 Å². The van der Waals surface area contributed by atoms with Crippen molar-refractivity contribution in [3.8, 4) is 0 Å². The molecule has 0 spiro atoms. The summed E-state index contributed by atoms with van der Waals surface area (Å²) in [7, 11) is 0. The van der Waals surface area contributed by atoms with E-state index in [1.807, 2.05) is 37.5 Å². The fourth-order valence-electron chi connectivity index (χ4n) is 1.98. The van der Waals surface area contributed by atoms with E-state index in [1.54, 1.807) is 12.1 Å². The second-order valence-electron chi connectivity index (χ2n) is 5.09. The van der Waals surface area contributed by atoms with Crippen LogP contribution in [0.4, 0.5) is 5.69 Å².